The molecule has 4 rings (SSSR count). The summed E-state index contributed by atoms with van der Waals surface area (Å²) in [6, 6.07) is 4.69. The first-order valence-corrected chi connectivity index (χ1v) is 10.5. The molecule has 0 saturated carbocycles. The van der Waals surface area contributed by atoms with Crippen molar-refractivity contribution >= 4 is 45.3 Å². The van der Waals surface area contributed by atoms with Gasteiger partial charge in [-0.3, -0.25) is 4.79 Å². The first-order valence-electron chi connectivity index (χ1n) is 9.68. The maximum absolute atomic E-state index is 12.5. The Kier molecular flexibility index (Phi) is 5.80. The number of carbonyl (C=O) groups excluding carboxylic acids is 3. The number of anilines is 1. The van der Waals surface area contributed by atoms with Gasteiger partial charge in [0.15, 0.2) is 18.6 Å². The number of aromatic nitrogens is 1. The van der Waals surface area contributed by atoms with Crippen LogP contribution in [0.3, 0.4) is 0 Å². The molecule has 8 nitrogen and oxygen atoms in total. The van der Waals surface area contributed by atoms with Crippen LogP contribution in [0.15, 0.2) is 29.0 Å². The van der Waals surface area contributed by atoms with Gasteiger partial charge in [-0.2, -0.15) is 0 Å². The molecule has 30 heavy (non-hydrogen) atoms. The van der Waals surface area contributed by atoms with Gasteiger partial charge in [0, 0.05) is 4.88 Å². The van der Waals surface area contributed by atoms with Crippen molar-refractivity contribution in [1.29, 1.82) is 0 Å². The average Bonchev–Trinajstić information content (AvgIpc) is 3.35. The molecule has 156 valence electrons. The van der Waals surface area contributed by atoms with Crippen molar-refractivity contribution in [3.05, 3.63) is 46.2 Å². The zero-order valence-electron chi connectivity index (χ0n) is 16.4. The van der Waals surface area contributed by atoms with Crippen LogP contribution >= 0.6 is 11.3 Å². The molecule has 1 amide bonds. The number of benzene rings is 1. The highest BCUT2D eigenvalue weighted by Crippen LogP contribution is 2.38. The van der Waals surface area contributed by atoms with E-state index < -0.39 is 24.5 Å². The van der Waals surface area contributed by atoms with E-state index in [9.17, 15) is 14.4 Å². The lowest BCUT2D eigenvalue weighted by atomic mass is 9.95. The van der Waals surface area contributed by atoms with Crippen molar-refractivity contribution in [2.45, 2.75) is 32.6 Å². The monoisotopic (exact) mass is 428 g/mol. The molecule has 0 saturated heterocycles. The van der Waals surface area contributed by atoms with Crippen LogP contribution < -0.4 is 5.32 Å². The molecule has 2 aromatic heterocycles. The SMILES string of the molecule is CCOC(=O)c1c(NC(=O)COC(=O)c2ccc3ocnc3c2)sc2c1CCCC2. The van der Waals surface area contributed by atoms with Crippen LogP contribution in [0.2, 0.25) is 0 Å². The second-order valence-corrected chi connectivity index (χ2v) is 7.90. The predicted octanol–water partition coefficient (Wildman–Crippen LogP) is 3.74. The summed E-state index contributed by atoms with van der Waals surface area (Å²) in [6.45, 7) is 1.52. The minimum Gasteiger partial charge on any atom is -0.462 e. The number of carbonyl (C=O) groups is 3. The van der Waals surface area contributed by atoms with Crippen LogP contribution in [0.4, 0.5) is 5.00 Å². The van der Waals surface area contributed by atoms with Crippen LogP contribution in [-0.4, -0.2) is 36.0 Å². The van der Waals surface area contributed by atoms with E-state index >= 15 is 0 Å². The summed E-state index contributed by atoms with van der Waals surface area (Å²) in [7, 11) is 0. The van der Waals surface area contributed by atoms with E-state index in [1.165, 1.54) is 23.8 Å². The number of ether oxygens (including phenoxy) is 2. The van der Waals surface area contributed by atoms with Gasteiger partial charge in [0.1, 0.15) is 10.5 Å². The maximum atomic E-state index is 12.5. The van der Waals surface area contributed by atoms with Crippen molar-refractivity contribution in [2.24, 2.45) is 0 Å². The Morgan fingerprint density at radius 2 is 2.00 bits per heavy atom. The van der Waals surface area contributed by atoms with Crippen LogP contribution in [-0.2, 0) is 27.1 Å². The highest BCUT2D eigenvalue weighted by atomic mass is 32.1. The van der Waals surface area contributed by atoms with Crippen molar-refractivity contribution < 1.29 is 28.3 Å². The summed E-state index contributed by atoms with van der Waals surface area (Å²) in [5, 5.41) is 3.16. The summed E-state index contributed by atoms with van der Waals surface area (Å²) in [4.78, 5) is 42.2. The fourth-order valence-electron chi connectivity index (χ4n) is 3.44. The molecule has 0 bridgehead atoms. The van der Waals surface area contributed by atoms with E-state index in [1.807, 2.05) is 0 Å². The molecule has 0 fully saturated rings. The fraction of sp³-hybridized carbons (Fsp3) is 0.333. The first kappa shape index (κ1) is 20.1. The summed E-state index contributed by atoms with van der Waals surface area (Å²) < 4.78 is 15.4. The lowest BCUT2D eigenvalue weighted by Crippen LogP contribution is -2.22. The zero-order valence-corrected chi connectivity index (χ0v) is 17.2. The molecule has 3 aromatic rings. The van der Waals surface area contributed by atoms with Gasteiger partial charge in [0.2, 0.25) is 0 Å². The van der Waals surface area contributed by atoms with Gasteiger partial charge in [0.25, 0.3) is 5.91 Å². The Morgan fingerprint density at radius 1 is 1.17 bits per heavy atom. The van der Waals surface area contributed by atoms with Gasteiger partial charge in [-0.15, -0.1) is 11.3 Å². The molecule has 0 radical (unpaired) electrons. The Bertz CT molecular complexity index is 1120. The molecule has 1 N–H and O–H groups in total. The zero-order chi connectivity index (χ0) is 21.1. The molecule has 0 spiro atoms. The van der Waals surface area contributed by atoms with Gasteiger partial charge in [-0.25, -0.2) is 14.6 Å². The number of fused-ring (bicyclic) bond motifs is 2. The van der Waals surface area contributed by atoms with E-state index in [4.69, 9.17) is 13.9 Å². The number of aryl methyl sites for hydroxylation is 1. The Morgan fingerprint density at radius 3 is 2.83 bits per heavy atom. The summed E-state index contributed by atoms with van der Waals surface area (Å²) in [6.07, 6.45) is 5.00. The highest BCUT2D eigenvalue weighted by molar-refractivity contribution is 7.17. The molecule has 0 atom stereocenters. The highest BCUT2D eigenvalue weighted by Gasteiger charge is 2.27. The molecule has 2 heterocycles. The lowest BCUT2D eigenvalue weighted by molar-refractivity contribution is -0.119. The number of amides is 1. The second kappa shape index (κ2) is 8.66. The van der Waals surface area contributed by atoms with E-state index in [2.05, 4.69) is 10.3 Å². The fourth-order valence-corrected chi connectivity index (χ4v) is 4.73. The van der Waals surface area contributed by atoms with E-state index in [1.54, 1.807) is 19.1 Å². The minimum atomic E-state index is -0.647. The number of nitrogens with zero attached hydrogens (tertiary/aromatic N) is 1. The standard InChI is InChI=1S/C21H20N2O6S/c1-2-27-21(26)18-13-5-3-4-6-16(13)30-19(18)23-17(24)10-28-20(25)12-7-8-15-14(9-12)22-11-29-15/h7-9,11H,2-6,10H2,1H3,(H,23,24). The first-order chi connectivity index (χ1) is 14.6. The number of hydrogen-bond donors (Lipinski definition) is 1. The Balaban J connectivity index is 1.44. The summed E-state index contributed by atoms with van der Waals surface area (Å²) in [5.41, 5.74) is 2.73. The summed E-state index contributed by atoms with van der Waals surface area (Å²) in [5.74, 6) is -1.61. The van der Waals surface area contributed by atoms with Gasteiger partial charge in [-0.05, 0) is 56.4 Å². The predicted molar refractivity (Wildman–Crippen MR) is 110 cm³/mol. The average molecular weight is 428 g/mol. The smallest absolute Gasteiger partial charge is 0.341 e. The second-order valence-electron chi connectivity index (χ2n) is 6.79. The molecule has 9 heteroatoms. The molecule has 1 aromatic carbocycles. The summed E-state index contributed by atoms with van der Waals surface area (Å²) >= 11 is 1.39. The topological polar surface area (TPSA) is 108 Å². The molecule has 1 aliphatic carbocycles. The molecule has 0 aliphatic heterocycles. The van der Waals surface area contributed by atoms with E-state index in [0.717, 1.165) is 36.1 Å². The maximum Gasteiger partial charge on any atom is 0.341 e. The number of rotatable bonds is 6. The van der Waals surface area contributed by atoms with Crippen molar-refractivity contribution in [3.8, 4) is 0 Å². The lowest BCUT2D eigenvalue weighted by Gasteiger charge is -2.12. The van der Waals surface area contributed by atoms with Crippen molar-refractivity contribution in [2.75, 3.05) is 18.5 Å². The number of hydrogen-bond acceptors (Lipinski definition) is 8. The molecular formula is C21H20N2O6S. The number of thiophene rings is 1. The van der Waals surface area contributed by atoms with Crippen molar-refractivity contribution in [1.82, 2.24) is 4.98 Å². The van der Waals surface area contributed by atoms with Crippen LogP contribution in [0.5, 0.6) is 0 Å². The Hall–Kier alpha value is -3.20. The van der Waals surface area contributed by atoms with E-state index in [0.29, 0.717) is 21.7 Å². The van der Waals surface area contributed by atoms with Crippen LogP contribution in [0.1, 0.15) is 50.9 Å². The third-order valence-corrected chi connectivity index (χ3v) is 6.01. The van der Waals surface area contributed by atoms with E-state index in [-0.39, 0.29) is 12.2 Å². The largest absolute Gasteiger partial charge is 0.462 e. The van der Waals surface area contributed by atoms with Gasteiger partial charge < -0.3 is 19.2 Å². The van der Waals surface area contributed by atoms with Crippen LogP contribution in [0, 0.1) is 0 Å². The molecule has 0 unspecified atom stereocenters. The van der Waals surface area contributed by atoms with Gasteiger partial charge >= 0.3 is 11.9 Å². The van der Waals surface area contributed by atoms with Crippen molar-refractivity contribution in [3.63, 3.8) is 0 Å². The third kappa shape index (κ3) is 4.06. The Labute approximate surface area is 176 Å². The number of nitrogens with one attached hydrogen (secondary N) is 1. The van der Waals surface area contributed by atoms with Gasteiger partial charge in [0.05, 0.1) is 17.7 Å². The normalized spacial score (nSPS) is 13.0. The molecular weight excluding hydrogens is 408 g/mol. The molecule has 1 aliphatic rings. The minimum absolute atomic E-state index is 0.254. The number of oxazole rings is 1. The number of esters is 2. The van der Waals surface area contributed by atoms with Gasteiger partial charge in [-0.1, -0.05) is 0 Å². The third-order valence-electron chi connectivity index (χ3n) is 4.80. The quantitative estimate of drug-likeness (QED) is 0.596. The van der Waals surface area contributed by atoms with Crippen LogP contribution in [0.25, 0.3) is 11.1 Å².